The summed E-state index contributed by atoms with van der Waals surface area (Å²) in [6, 6.07) is 5.31. The summed E-state index contributed by atoms with van der Waals surface area (Å²) >= 11 is 0. The van der Waals surface area contributed by atoms with Gasteiger partial charge in [-0.25, -0.2) is 9.98 Å². The number of aliphatic imine (C=N–C) groups is 1. The summed E-state index contributed by atoms with van der Waals surface area (Å²) in [6.45, 7) is 5.00. The first-order chi connectivity index (χ1) is 15.1. The number of halogens is 3. The maximum absolute atomic E-state index is 13.5. The molecule has 3 atom stereocenters. The Balaban J connectivity index is 1.53. The molecule has 2 aliphatic rings. The predicted molar refractivity (Wildman–Crippen MR) is 112 cm³/mol. The molecule has 2 heterocycles. The van der Waals surface area contributed by atoms with Gasteiger partial charge in [-0.15, -0.1) is 0 Å². The van der Waals surface area contributed by atoms with Crippen LogP contribution in [-0.2, 0) is 4.74 Å². The molecule has 1 aliphatic carbocycles. The van der Waals surface area contributed by atoms with E-state index in [0.717, 1.165) is 31.5 Å². The van der Waals surface area contributed by atoms with Crippen molar-refractivity contribution >= 4 is 11.8 Å². The van der Waals surface area contributed by atoms with Crippen molar-refractivity contribution in [3.63, 3.8) is 0 Å². The molecule has 2 fully saturated rings. The zero-order chi connectivity index (χ0) is 23.0. The third-order valence-corrected chi connectivity index (χ3v) is 6.04. The zero-order valence-electron chi connectivity index (χ0n) is 18.0. The van der Waals surface area contributed by atoms with Crippen molar-refractivity contribution in [1.29, 1.82) is 0 Å². The van der Waals surface area contributed by atoms with E-state index in [0.29, 0.717) is 23.6 Å². The number of piperidine rings is 1. The minimum Gasteiger partial charge on any atom is -0.475 e. The number of rotatable bonds is 4. The maximum Gasteiger partial charge on any atom is 0.413 e. The van der Waals surface area contributed by atoms with Crippen LogP contribution in [0.5, 0.6) is 0 Å². The Morgan fingerprint density at radius 1 is 1.31 bits per heavy atom. The van der Waals surface area contributed by atoms with E-state index in [1.807, 2.05) is 19.1 Å². The SMILES string of the molecule is C/C(=C\N=C(/C)OC1CC2CC1N(C(=O)c1cccc(C)c1-c1ncco1)C2)C(F)(F)F. The average molecular weight is 447 g/mol. The Hall–Kier alpha value is -3.10. The Bertz CT molecular complexity index is 1060. The third-order valence-electron chi connectivity index (χ3n) is 6.04. The van der Waals surface area contributed by atoms with Crippen LogP contribution in [0.25, 0.3) is 11.5 Å². The highest BCUT2D eigenvalue weighted by molar-refractivity contribution is 6.01. The van der Waals surface area contributed by atoms with Gasteiger partial charge in [0.1, 0.15) is 12.4 Å². The van der Waals surface area contributed by atoms with Crippen molar-refractivity contribution in [3.8, 4) is 11.5 Å². The number of carbonyl (C=O) groups is 1. The van der Waals surface area contributed by atoms with E-state index in [9.17, 15) is 18.0 Å². The average Bonchev–Trinajstić information content (AvgIpc) is 3.47. The number of fused-ring (bicyclic) bond motifs is 2. The smallest absolute Gasteiger partial charge is 0.413 e. The molecular weight excluding hydrogens is 423 g/mol. The number of amides is 1. The van der Waals surface area contributed by atoms with Gasteiger partial charge in [-0.3, -0.25) is 4.79 Å². The molecule has 0 N–H and O–H groups in total. The van der Waals surface area contributed by atoms with Crippen LogP contribution >= 0.6 is 0 Å². The second-order valence-electron chi connectivity index (χ2n) is 8.31. The summed E-state index contributed by atoms with van der Waals surface area (Å²) in [5, 5.41) is 0. The predicted octanol–water partition coefficient (Wildman–Crippen LogP) is 5.15. The van der Waals surface area contributed by atoms with Gasteiger partial charge in [0.25, 0.3) is 5.91 Å². The molecule has 1 amide bonds. The van der Waals surface area contributed by atoms with Gasteiger partial charge in [0, 0.05) is 25.2 Å². The molecule has 170 valence electrons. The van der Waals surface area contributed by atoms with E-state index in [1.54, 1.807) is 11.0 Å². The number of allylic oxidation sites excluding steroid dienone is 1. The highest BCUT2D eigenvalue weighted by atomic mass is 19.4. The number of nitrogens with zero attached hydrogens (tertiary/aromatic N) is 3. The molecule has 1 aliphatic heterocycles. The van der Waals surface area contributed by atoms with E-state index < -0.39 is 11.7 Å². The van der Waals surface area contributed by atoms with Gasteiger partial charge in [0.15, 0.2) is 5.90 Å². The first-order valence-electron chi connectivity index (χ1n) is 10.4. The van der Waals surface area contributed by atoms with Gasteiger partial charge < -0.3 is 14.1 Å². The molecule has 2 aromatic rings. The molecule has 1 saturated heterocycles. The number of hydrogen-bond acceptors (Lipinski definition) is 5. The number of ether oxygens (including phenoxy) is 1. The molecule has 6 nitrogen and oxygen atoms in total. The molecule has 1 aromatic carbocycles. The lowest BCUT2D eigenvalue weighted by Gasteiger charge is -2.33. The molecule has 2 bridgehead atoms. The van der Waals surface area contributed by atoms with Gasteiger partial charge >= 0.3 is 6.18 Å². The summed E-state index contributed by atoms with van der Waals surface area (Å²) in [7, 11) is 0. The van der Waals surface area contributed by atoms with Crippen molar-refractivity contribution in [2.24, 2.45) is 10.9 Å². The highest BCUT2D eigenvalue weighted by Gasteiger charge is 2.48. The molecule has 0 spiro atoms. The van der Waals surface area contributed by atoms with Gasteiger partial charge in [0.2, 0.25) is 5.89 Å². The number of benzene rings is 1. The van der Waals surface area contributed by atoms with Crippen molar-refractivity contribution < 1.29 is 27.1 Å². The number of aromatic nitrogens is 1. The molecule has 32 heavy (non-hydrogen) atoms. The molecule has 3 unspecified atom stereocenters. The Labute approximate surface area is 183 Å². The first kappa shape index (κ1) is 22.1. The second kappa shape index (κ2) is 8.44. The Kier molecular flexibility index (Phi) is 5.83. The van der Waals surface area contributed by atoms with Gasteiger partial charge in [-0.1, -0.05) is 12.1 Å². The van der Waals surface area contributed by atoms with Crippen LogP contribution in [0.4, 0.5) is 13.2 Å². The summed E-state index contributed by atoms with van der Waals surface area (Å²) in [5.74, 6) is 0.683. The summed E-state index contributed by atoms with van der Waals surface area (Å²) in [6.07, 6.45) is 0.569. The van der Waals surface area contributed by atoms with Gasteiger partial charge in [-0.2, -0.15) is 13.2 Å². The van der Waals surface area contributed by atoms with Gasteiger partial charge in [-0.05, 0) is 44.2 Å². The van der Waals surface area contributed by atoms with Crippen molar-refractivity contribution in [2.75, 3.05) is 6.54 Å². The van der Waals surface area contributed by atoms with Crippen LogP contribution < -0.4 is 0 Å². The fourth-order valence-corrected chi connectivity index (χ4v) is 4.47. The number of carbonyl (C=O) groups excluding carboxylic acids is 1. The lowest BCUT2D eigenvalue weighted by atomic mass is 9.99. The zero-order valence-corrected chi connectivity index (χ0v) is 18.0. The molecule has 4 rings (SSSR count). The maximum atomic E-state index is 13.5. The second-order valence-corrected chi connectivity index (χ2v) is 8.31. The standard InChI is InChI=1S/C23H24F3N3O3/c1-13-5-4-6-17(20(13)21-27-7-8-31-21)22(30)29-12-16-9-18(29)19(10-16)32-15(3)28-11-14(2)23(24,25)26/h4-8,11,16,18-19H,9-10,12H2,1-3H3/b14-11+,28-15+. The highest BCUT2D eigenvalue weighted by Crippen LogP contribution is 2.41. The molecule has 9 heteroatoms. The number of likely N-dealkylation sites (tertiary alicyclic amines) is 1. The topological polar surface area (TPSA) is 67.9 Å². The van der Waals surface area contributed by atoms with Crippen LogP contribution in [-0.4, -0.2) is 46.6 Å². The lowest BCUT2D eigenvalue weighted by Crippen LogP contribution is -2.46. The molecule has 1 saturated carbocycles. The van der Waals surface area contributed by atoms with Crippen LogP contribution in [0, 0.1) is 12.8 Å². The monoisotopic (exact) mass is 447 g/mol. The number of oxazole rings is 1. The van der Waals surface area contributed by atoms with E-state index in [2.05, 4.69) is 9.98 Å². The van der Waals surface area contributed by atoms with Crippen LogP contribution in [0.15, 0.2) is 51.8 Å². The quantitative estimate of drug-likeness (QED) is 0.480. The Morgan fingerprint density at radius 3 is 2.75 bits per heavy atom. The molecule has 0 radical (unpaired) electrons. The fourth-order valence-electron chi connectivity index (χ4n) is 4.47. The Morgan fingerprint density at radius 2 is 2.09 bits per heavy atom. The third kappa shape index (κ3) is 4.28. The fraction of sp³-hybridized carbons (Fsp3) is 0.435. The summed E-state index contributed by atoms with van der Waals surface area (Å²) in [4.78, 5) is 23.3. The van der Waals surface area contributed by atoms with Crippen LogP contribution in [0.1, 0.15) is 42.6 Å². The van der Waals surface area contributed by atoms with Crippen molar-refractivity contribution in [1.82, 2.24) is 9.88 Å². The summed E-state index contributed by atoms with van der Waals surface area (Å²) < 4.78 is 49.3. The van der Waals surface area contributed by atoms with Crippen LogP contribution in [0.3, 0.4) is 0 Å². The minimum atomic E-state index is -4.42. The van der Waals surface area contributed by atoms with E-state index in [-0.39, 0.29) is 29.9 Å². The number of hydrogen-bond donors (Lipinski definition) is 0. The number of alkyl halides is 3. The minimum absolute atomic E-state index is 0.134. The van der Waals surface area contributed by atoms with E-state index in [4.69, 9.17) is 9.15 Å². The summed E-state index contributed by atoms with van der Waals surface area (Å²) in [5.41, 5.74) is 1.25. The largest absolute Gasteiger partial charge is 0.475 e. The molecule has 1 aromatic heterocycles. The van der Waals surface area contributed by atoms with Crippen molar-refractivity contribution in [2.45, 2.75) is 51.9 Å². The van der Waals surface area contributed by atoms with Crippen LogP contribution in [0.2, 0.25) is 0 Å². The normalized spacial score (nSPS) is 23.7. The lowest BCUT2D eigenvalue weighted by molar-refractivity contribution is -0.0915. The first-order valence-corrected chi connectivity index (χ1v) is 10.4. The number of aryl methyl sites for hydroxylation is 1. The molecular formula is C23H24F3N3O3. The van der Waals surface area contributed by atoms with E-state index in [1.165, 1.54) is 19.4 Å². The van der Waals surface area contributed by atoms with E-state index >= 15 is 0 Å². The van der Waals surface area contributed by atoms with Crippen molar-refractivity contribution in [3.05, 3.63) is 53.6 Å². The van der Waals surface area contributed by atoms with Gasteiger partial charge in [0.05, 0.1) is 23.4 Å².